The number of hydrogen-bond acceptors (Lipinski definition) is 8. The van der Waals surface area contributed by atoms with Gasteiger partial charge in [0.25, 0.3) is 0 Å². The van der Waals surface area contributed by atoms with Gasteiger partial charge in [0, 0.05) is 13.2 Å². The number of rotatable bonds is 7. The number of carboxylic acids is 1. The maximum atomic E-state index is 10.9. The van der Waals surface area contributed by atoms with Gasteiger partial charge in [-0.05, 0) is 69.0 Å². The SMILES string of the molecule is C.CCCOc1nc(C(=O)O)ccc1Br.COC(=O)c1ccc(Br)c(Cl)n1.OCCCO. The Balaban J connectivity index is 0. The van der Waals surface area contributed by atoms with Crippen molar-refractivity contribution in [2.75, 3.05) is 26.9 Å². The monoisotopic (exact) mass is 600 g/mol. The molecule has 0 aliphatic rings. The van der Waals surface area contributed by atoms with Crippen LogP contribution in [0, 0.1) is 0 Å². The van der Waals surface area contributed by atoms with Crippen molar-refractivity contribution in [3.8, 4) is 5.88 Å². The Morgan fingerprint density at radius 2 is 1.59 bits per heavy atom. The Kier molecular flexibility index (Phi) is 19.0. The number of ether oxygens (including phenoxy) is 2. The maximum absolute atomic E-state index is 10.9. The molecule has 0 aliphatic heterocycles. The third-order valence-corrected chi connectivity index (χ3v) is 4.75. The van der Waals surface area contributed by atoms with Gasteiger partial charge in [0.05, 0.1) is 22.7 Å². The van der Waals surface area contributed by atoms with Crippen LogP contribution in [-0.2, 0) is 4.74 Å². The van der Waals surface area contributed by atoms with Crippen molar-refractivity contribution in [2.45, 2.75) is 27.2 Å². The summed E-state index contributed by atoms with van der Waals surface area (Å²) >= 11 is 12.0. The van der Waals surface area contributed by atoms with Gasteiger partial charge in [-0.25, -0.2) is 19.6 Å². The first-order valence-corrected chi connectivity index (χ1v) is 10.8. The molecule has 0 amide bonds. The number of pyridine rings is 2. The van der Waals surface area contributed by atoms with Crippen molar-refractivity contribution in [3.63, 3.8) is 0 Å². The van der Waals surface area contributed by atoms with Crippen molar-refractivity contribution >= 4 is 55.4 Å². The predicted molar refractivity (Wildman–Crippen MR) is 128 cm³/mol. The summed E-state index contributed by atoms with van der Waals surface area (Å²) in [6.07, 6.45) is 1.35. The molecule has 0 radical (unpaired) electrons. The molecule has 12 heteroatoms. The molecule has 9 nitrogen and oxygen atoms in total. The second-order valence-corrected chi connectivity index (χ2v) is 7.47. The number of carbonyl (C=O) groups is 2. The number of halogens is 3. The van der Waals surface area contributed by atoms with E-state index < -0.39 is 11.9 Å². The van der Waals surface area contributed by atoms with Crippen LogP contribution in [0.5, 0.6) is 5.88 Å². The topological polar surface area (TPSA) is 139 Å². The molecule has 0 aliphatic carbocycles. The average molecular weight is 603 g/mol. The van der Waals surface area contributed by atoms with Crippen molar-refractivity contribution in [1.82, 2.24) is 9.97 Å². The zero-order valence-electron chi connectivity index (χ0n) is 16.8. The largest absolute Gasteiger partial charge is 0.477 e. The van der Waals surface area contributed by atoms with Crippen molar-refractivity contribution < 1.29 is 34.4 Å². The number of nitrogens with zero attached hydrogens (tertiary/aromatic N) is 2. The highest BCUT2D eigenvalue weighted by molar-refractivity contribution is 9.10. The standard InChI is InChI=1S/C9H10BrNO3.C7H5BrClNO2.C3H8O2.CH4/c1-2-5-14-8-6(10)3-4-7(11-8)9(12)13;1-12-7(11)5-3-2-4(8)6(9)10-5;4-2-1-3-5;/h3-4H,2,5H2,1H3,(H,12,13);2-3H,1H3;4-5H,1-3H2;1H4. The van der Waals surface area contributed by atoms with Gasteiger partial charge in [0.15, 0.2) is 5.69 Å². The summed E-state index contributed by atoms with van der Waals surface area (Å²) in [5.41, 5.74) is 0.185. The predicted octanol–water partition coefficient (Wildman–Crippen LogP) is 4.61. The second-order valence-electron chi connectivity index (χ2n) is 5.40. The molecule has 0 fully saturated rings. The van der Waals surface area contributed by atoms with Crippen LogP contribution in [0.2, 0.25) is 5.15 Å². The van der Waals surface area contributed by atoms with E-state index in [0.717, 1.165) is 6.42 Å². The Labute approximate surface area is 209 Å². The van der Waals surface area contributed by atoms with Crippen LogP contribution in [0.25, 0.3) is 0 Å². The summed E-state index contributed by atoms with van der Waals surface area (Å²) < 4.78 is 11.0. The number of aromatic nitrogens is 2. The minimum atomic E-state index is -1.06. The van der Waals surface area contributed by atoms with Gasteiger partial charge in [0.2, 0.25) is 5.88 Å². The summed E-state index contributed by atoms with van der Waals surface area (Å²) in [6, 6.07) is 6.20. The first kappa shape index (κ1) is 32.4. The van der Waals surface area contributed by atoms with Gasteiger partial charge in [0.1, 0.15) is 10.8 Å². The van der Waals surface area contributed by atoms with E-state index in [-0.39, 0.29) is 37.2 Å². The van der Waals surface area contributed by atoms with Gasteiger partial charge in [-0.1, -0.05) is 26.0 Å². The van der Waals surface area contributed by atoms with Gasteiger partial charge in [-0.3, -0.25) is 0 Å². The molecule has 2 aromatic rings. The summed E-state index contributed by atoms with van der Waals surface area (Å²) in [5.74, 6) is -1.23. The fraction of sp³-hybridized carbons (Fsp3) is 0.400. The Morgan fingerprint density at radius 1 is 1.03 bits per heavy atom. The zero-order chi connectivity index (χ0) is 23.8. The number of carboxylic acid groups (broad SMARTS) is 1. The molecule has 0 bridgehead atoms. The minimum Gasteiger partial charge on any atom is -0.477 e. The molecule has 32 heavy (non-hydrogen) atoms. The van der Waals surface area contributed by atoms with Crippen LogP contribution < -0.4 is 4.74 Å². The van der Waals surface area contributed by atoms with E-state index in [1.165, 1.54) is 19.2 Å². The van der Waals surface area contributed by atoms with Crippen molar-refractivity contribution in [1.29, 1.82) is 0 Å². The quantitative estimate of drug-likeness (QED) is 0.306. The number of methoxy groups -OCH3 is 1. The highest BCUT2D eigenvalue weighted by atomic mass is 79.9. The number of aromatic carboxylic acids is 1. The third-order valence-electron chi connectivity index (χ3n) is 2.99. The molecule has 0 atom stereocenters. The van der Waals surface area contributed by atoms with E-state index in [4.69, 9.17) is 31.7 Å². The zero-order valence-corrected chi connectivity index (χ0v) is 20.8. The van der Waals surface area contributed by atoms with Crippen LogP contribution in [0.3, 0.4) is 0 Å². The van der Waals surface area contributed by atoms with Gasteiger partial charge in [-0.2, -0.15) is 0 Å². The van der Waals surface area contributed by atoms with E-state index in [0.29, 0.717) is 27.9 Å². The highest BCUT2D eigenvalue weighted by Crippen LogP contribution is 2.22. The lowest BCUT2D eigenvalue weighted by molar-refractivity contribution is 0.0593. The maximum Gasteiger partial charge on any atom is 0.356 e. The molecule has 180 valence electrons. The number of aliphatic hydroxyl groups excluding tert-OH is 2. The van der Waals surface area contributed by atoms with Gasteiger partial charge < -0.3 is 24.8 Å². The Hall–Kier alpha value is -1.79. The first-order valence-electron chi connectivity index (χ1n) is 8.86. The van der Waals surface area contributed by atoms with Crippen molar-refractivity contribution in [2.24, 2.45) is 0 Å². The van der Waals surface area contributed by atoms with Crippen LogP contribution in [0.1, 0.15) is 48.2 Å². The summed E-state index contributed by atoms with van der Waals surface area (Å²) in [5, 5.41) is 24.8. The molecule has 0 aromatic carbocycles. The molecule has 3 N–H and O–H groups in total. The Bertz CT molecular complexity index is 840. The molecule has 0 spiro atoms. The first-order chi connectivity index (χ1) is 14.7. The lowest BCUT2D eigenvalue weighted by Gasteiger charge is -2.05. The molecule has 0 unspecified atom stereocenters. The van der Waals surface area contributed by atoms with E-state index in [9.17, 15) is 9.59 Å². The molecule has 0 saturated heterocycles. The number of aliphatic hydroxyl groups is 2. The lowest BCUT2D eigenvalue weighted by atomic mass is 10.3. The summed E-state index contributed by atoms with van der Waals surface area (Å²) in [7, 11) is 1.29. The van der Waals surface area contributed by atoms with Gasteiger partial charge in [-0.15, -0.1) is 0 Å². The lowest BCUT2D eigenvalue weighted by Crippen LogP contribution is -2.04. The average Bonchev–Trinajstić information content (AvgIpc) is 2.75. The second kappa shape index (κ2) is 18.8. The summed E-state index contributed by atoms with van der Waals surface area (Å²) in [4.78, 5) is 29.2. The fourth-order valence-corrected chi connectivity index (χ4v) is 2.26. The minimum absolute atomic E-state index is 0. The summed E-state index contributed by atoms with van der Waals surface area (Å²) in [6.45, 7) is 2.68. The molecule has 2 aromatic heterocycles. The molecule has 2 heterocycles. The molecule has 0 saturated carbocycles. The van der Waals surface area contributed by atoms with E-state index in [2.05, 4.69) is 46.6 Å². The van der Waals surface area contributed by atoms with Crippen LogP contribution in [-0.4, -0.2) is 64.2 Å². The van der Waals surface area contributed by atoms with E-state index in [1.807, 2.05) is 6.92 Å². The normalized spacial score (nSPS) is 9.22. The van der Waals surface area contributed by atoms with Crippen LogP contribution in [0.15, 0.2) is 33.2 Å². The number of hydrogen-bond donors (Lipinski definition) is 3. The number of esters is 1. The van der Waals surface area contributed by atoms with Crippen molar-refractivity contribution in [3.05, 3.63) is 49.8 Å². The highest BCUT2D eigenvalue weighted by Gasteiger charge is 2.09. The van der Waals surface area contributed by atoms with Crippen LogP contribution >= 0.6 is 43.5 Å². The molecular weight excluding hydrogens is 575 g/mol. The van der Waals surface area contributed by atoms with E-state index >= 15 is 0 Å². The van der Waals surface area contributed by atoms with E-state index in [1.54, 1.807) is 12.1 Å². The fourth-order valence-electron chi connectivity index (χ4n) is 1.55. The Morgan fingerprint density at radius 3 is 2.03 bits per heavy atom. The third kappa shape index (κ3) is 12.9. The molecule has 2 rings (SSSR count). The van der Waals surface area contributed by atoms with Crippen LogP contribution in [0.4, 0.5) is 0 Å². The number of carbonyl (C=O) groups excluding carboxylic acids is 1. The molecular formula is C20H27Br2ClN2O7. The van der Waals surface area contributed by atoms with Gasteiger partial charge >= 0.3 is 11.9 Å². The smallest absolute Gasteiger partial charge is 0.356 e.